The van der Waals surface area contributed by atoms with Gasteiger partial charge >= 0.3 is 0 Å². The van der Waals surface area contributed by atoms with E-state index in [0.29, 0.717) is 36.2 Å². The van der Waals surface area contributed by atoms with E-state index in [1.54, 1.807) is 6.07 Å². The van der Waals surface area contributed by atoms with Crippen LogP contribution in [0.5, 0.6) is 11.5 Å². The van der Waals surface area contributed by atoms with Crippen LogP contribution in [-0.4, -0.2) is 25.5 Å². The van der Waals surface area contributed by atoms with Gasteiger partial charge in [-0.2, -0.15) is 4.39 Å². The zero-order valence-corrected chi connectivity index (χ0v) is 16.5. The molecule has 0 N–H and O–H groups in total. The third kappa shape index (κ3) is 8.45. The van der Waals surface area contributed by atoms with Crippen molar-refractivity contribution >= 4 is 28.9 Å². The molecule has 0 atom stereocenters. The monoisotopic (exact) mass is 391 g/mol. The fourth-order valence-corrected chi connectivity index (χ4v) is 2.26. The smallest absolute Gasteiger partial charge is 0.188 e. The Kier molecular flexibility index (Phi) is 9.68. The SMILES string of the molecule is CC(C)=NOCCCOc1c(Cl)cc(OC/C=C(\F)Cl)cc1C(C)C. The molecule has 1 aromatic rings. The van der Waals surface area contributed by atoms with Gasteiger partial charge in [-0.05, 0) is 25.8 Å². The fraction of sp³-hybridized carbons (Fsp3) is 0.500. The molecule has 7 heteroatoms. The Bertz CT molecular complexity index is 611. The molecule has 0 bridgehead atoms. The van der Waals surface area contributed by atoms with Crippen LogP contribution in [0, 0.1) is 0 Å². The maximum absolute atomic E-state index is 12.5. The second kappa shape index (κ2) is 11.2. The molecule has 0 aliphatic heterocycles. The number of benzene rings is 1. The first-order valence-electron chi connectivity index (χ1n) is 8.04. The molecular formula is C18H24Cl2FNO3. The van der Waals surface area contributed by atoms with Crippen molar-refractivity contribution < 1.29 is 18.7 Å². The zero-order chi connectivity index (χ0) is 18.8. The van der Waals surface area contributed by atoms with Crippen LogP contribution in [0.15, 0.2) is 28.7 Å². The van der Waals surface area contributed by atoms with Crippen molar-refractivity contribution in [3.63, 3.8) is 0 Å². The van der Waals surface area contributed by atoms with Gasteiger partial charge in [0.05, 0.1) is 17.3 Å². The predicted molar refractivity (Wildman–Crippen MR) is 101 cm³/mol. The summed E-state index contributed by atoms with van der Waals surface area (Å²) in [6.45, 7) is 8.75. The van der Waals surface area contributed by atoms with Gasteiger partial charge in [-0.15, -0.1) is 0 Å². The number of rotatable bonds is 10. The highest BCUT2D eigenvalue weighted by Crippen LogP contribution is 2.37. The molecule has 1 rings (SSSR count). The lowest BCUT2D eigenvalue weighted by Crippen LogP contribution is -2.05. The number of hydrogen-bond acceptors (Lipinski definition) is 4. The van der Waals surface area contributed by atoms with Crippen molar-refractivity contribution in [3.05, 3.63) is 34.1 Å². The first kappa shape index (κ1) is 21.6. The van der Waals surface area contributed by atoms with E-state index in [4.69, 9.17) is 37.5 Å². The maximum atomic E-state index is 12.5. The molecule has 0 aliphatic rings. The largest absolute Gasteiger partial charge is 0.492 e. The molecule has 0 amide bonds. The van der Waals surface area contributed by atoms with E-state index < -0.39 is 5.29 Å². The van der Waals surface area contributed by atoms with E-state index >= 15 is 0 Å². The Labute approximate surface area is 158 Å². The van der Waals surface area contributed by atoms with Crippen LogP contribution in [0.2, 0.25) is 5.02 Å². The molecule has 0 fully saturated rings. The number of oxime groups is 1. The summed E-state index contributed by atoms with van der Waals surface area (Å²) in [7, 11) is 0. The van der Waals surface area contributed by atoms with Gasteiger partial charge in [0.1, 0.15) is 24.7 Å². The maximum Gasteiger partial charge on any atom is 0.188 e. The van der Waals surface area contributed by atoms with Crippen molar-refractivity contribution in [1.29, 1.82) is 0 Å². The lowest BCUT2D eigenvalue weighted by molar-refractivity contribution is 0.127. The zero-order valence-electron chi connectivity index (χ0n) is 14.9. The second-order valence-corrected chi connectivity index (χ2v) is 6.62. The summed E-state index contributed by atoms with van der Waals surface area (Å²) in [6.07, 6.45) is 1.82. The minimum atomic E-state index is -0.806. The standard InChI is InChI=1S/C18H24Cl2FNO3/c1-12(2)15-10-14(23-9-6-17(20)21)11-16(19)18(15)24-7-5-8-25-22-13(3)4/h6,10-12H,5,7-9H2,1-4H3/b17-6-. The summed E-state index contributed by atoms with van der Waals surface area (Å²) in [4.78, 5) is 5.13. The van der Waals surface area contributed by atoms with E-state index in [9.17, 15) is 4.39 Å². The lowest BCUT2D eigenvalue weighted by atomic mass is 10.0. The molecular weight excluding hydrogens is 368 g/mol. The normalized spacial score (nSPS) is 11.4. The van der Waals surface area contributed by atoms with E-state index in [1.165, 1.54) is 0 Å². The average molecular weight is 392 g/mol. The molecule has 0 saturated carbocycles. The number of nitrogens with zero attached hydrogens (tertiary/aromatic N) is 1. The van der Waals surface area contributed by atoms with Gasteiger partial charge in [-0.25, -0.2) is 0 Å². The van der Waals surface area contributed by atoms with Gasteiger partial charge in [0.25, 0.3) is 0 Å². The summed E-state index contributed by atoms with van der Waals surface area (Å²) in [5.74, 6) is 1.34. The third-order valence-electron chi connectivity index (χ3n) is 3.03. The second-order valence-electron chi connectivity index (χ2n) is 5.86. The molecule has 140 valence electrons. The van der Waals surface area contributed by atoms with Crippen LogP contribution >= 0.6 is 23.2 Å². The van der Waals surface area contributed by atoms with Crippen molar-refractivity contribution in [3.8, 4) is 11.5 Å². The quantitative estimate of drug-likeness (QED) is 0.276. The summed E-state index contributed by atoms with van der Waals surface area (Å²) in [6, 6.07) is 3.48. The molecule has 1 aromatic carbocycles. The molecule has 0 saturated heterocycles. The lowest BCUT2D eigenvalue weighted by Gasteiger charge is -2.17. The molecule has 0 aliphatic carbocycles. The Morgan fingerprint density at radius 1 is 1.24 bits per heavy atom. The number of hydrogen-bond donors (Lipinski definition) is 0. The summed E-state index contributed by atoms with van der Waals surface area (Å²) >= 11 is 11.5. The Balaban J connectivity index is 2.71. The number of halogens is 3. The average Bonchev–Trinajstić information content (AvgIpc) is 2.51. The Hall–Kier alpha value is -1.46. The Morgan fingerprint density at radius 2 is 1.96 bits per heavy atom. The van der Waals surface area contributed by atoms with Gasteiger partial charge < -0.3 is 14.3 Å². The van der Waals surface area contributed by atoms with Crippen LogP contribution in [-0.2, 0) is 4.84 Å². The highest BCUT2D eigenvalue weighted by molar-refractivity contribution is 6.32. The van der Waals surface area contributed by atoms with Crippen molar-refractivity contribution in [2.45, 2.75) is 40.0 Å². The summed E-state index contributed by atoms with van der Waals surface area (Å²) in [5.41, 5.74) is 1.78. The van der Waals surface area contributed by atoms with Crippen LogP contribution in [0.3, 0.4) is 0 Å². The van der Waals surface area contributed by atoms with Gasteiger partial charge in [-0.3, -0.25) is 0 Å². The predicted octanol–water partition coefficient (Wildman–Crippen LogP) is 6.07. The molecule has 4 nitrogen and oxygen atoms in total. The van der Waals surface area contributed by atoms with E-state index in [1.807, 2.05) is 33.8 Å². The minimum Gasteiger partial charge on any atom is -0.492 e. The molecule has 25 heavy (non-hydrogen) atoms. The summed E-state index contributed by atoms with van der Waals surface area (Å²) in [5, 5.41) is 3.50. The fourth-order valence-electron chi connectivity index (χ4n) is 1.93. The van der Waals surface area contributed by atoms with Crippen LogP contribution in [0.1, 0.15) is 45.6 Å². The minimum absolute atomic E-state index is 0.0259. The number of ether oxygens (including phenoxy) is 2. The van der Waals surface area contributed by atoms with E-state index in [2.05, 4.69) is 5.16 Å². The molecule has 0 heterocycles. The van der Waals surface area contributed by atoms with Crippen molar-refractivity contribution in [1.82, 2.24) is 0 Å². The van der Waals surface area contributed by atoms with Crippen molar-refractivity contribution in [2.24, 2.45) is 5.16 Å². The first-order valence-corrected chi connectivity index (χ1v) is 8.80. The molecule has 0 radical (unpaired) electrons. The molecule has 0 aromatic heterocycles. The van der Waals surface area contributed by atoms with Crippen LogP contribution in [0.4, 0.5) is 4.39 Å². The first-order chi connectivity index (χ1) is 11.8. The summed E-state index contributed by atoms with van der Waals surface area (Å²) < 4.78 is 23.8. The van der Waals surface area contributed by atoms with Gasteiger partial charge in [0.2, 0.25) is 0 Å². The van der Waals surface area contributed by atoms with Crippen LogP contribution in [0.25, 0.3) is 0 Å². The highest BCUT2D eigenvalue weighted by Gasteiger charge is 2.15. The highest BCUT2D eigenvalue weighted by atomic mass is 35.5. The molecule has 0 spiro atoms. The Morgan fingerprint density at radius 3 is 2.56 bits per heavy atom. The molecule has 0 unspecified atom stereocenters. The van der Waals surface area contributed by atoms with Gasteiger partial charge in [-0.1, -0.05) is 42.2 Å². The van der Waals surface area contributed by atoms with E-state index in [0.717, 1.165) is 17.4 Å². The van der Waals surface area contributed by atoms with Crippen LogP contribution < -0.4 is 9.47 Å². The van der Waals surface area contributed by atoms with E-state index in [-0.39, 0.29) is 12.5 Å². The van der Waals surface area contributed by atoms with Gasteiger partial charge in [0.15, 0.2) is 5.29 Å². The topological polar surface area (TPSA) is 40.0 Å². The van der Waals surface area contributed by atoms with Crippen molar-refractivity contribution in [2.75, 3.05) is 19.8 Å². The van der Waals surface area contributed by atoms with Gasteiger partial charge in [0, 0.05) is 24.1 Å². The third-order valence-corrected chi connectivity index (χ3v) is 3.46.